The lowest BCUT2D eigenvalue weighted by molar-refractivity contribution is -0.0470. The monoisotopic (exact) mass is 197 g/mol. The Morgan fingerprint density at radius 1 is 1.36 bits per heavy atom. The first kappa shape index (κ1) is 9.13. The molecule has 14 heavy (non-hydrogen) atoms. The van der Waals surface area contributed by atoms with Crippen LogP contribution in [-0.4, -0.2) is 48.4 Å². The summed E-state index contributed by atoms with van der Waals surface area (Å²) >= 11 is 0. The van der Waals surface area contributed by atoms with Gasteiger partial charge in [0.05, 0.1) is 24.9 Å². The van der Waals surface area contributed by atoms with E-state index in [0.717, 1.165) is 19.7 Å². The van der Waals surface area contributed by atoms with Gasteiger partial charge in [-0.2, -0.15) is 0 Å². The molecule has 0 saturated carbocycles. The third kappa shape index (κ3) is 1.23. The van der Waals surface area contributed by atoms with E-state index < -0.39 is 0 Å². The van der Waals surface area contributed by atoms with Crippen LogP contribution in [0.25, 0.3) is 0 Å². The molecule has 4 aliphatic heterocycles. The molecule has 4 atom stereocenters. The zero-order valence-electron chi connectivity index (χ0n) is 9.03. The molecule has 0 aromatic carbocycles. The van der Waals surface area contributed by atoms with Gasteiger partial charge in [-0.25, -0.2) is 0 Å². The van der Waals surface area contributed by atoms with Crippen molar-refractivity contribution < 1.29 is 9.47 Å². The molecule has 4 rings (SSSR count). The van der Waals surface area contributed by atoms with Crippen LogP contribution in [0.4, 0.5) is 0 Å². The lowest BCUT2D eigenvalue weighted by Gasteiger charge is -2.32. The van der Waals surface area contributed by atoms with Gasteiger partial charge in [-0.3, -0.25) is 4.90 Å². The first-order valence-corrected chi connectivity index (χ1v) is 5.70. The summed E-state index contributed by atoms with van der Waals surface area (Å²) in [5.41, 5.74) is 0.345. The summed E-state index contributed by atoms with van der Waals surface area (Å²) < 4.78 is 11.7. The van der Waals surface area contributed by atoms with E-state index in [1.54, 1.807) is 0 Å². The maximum atomic E-state index is 5.88. The largest absolute Gasteiger partial charge is 0.377 e. The Balaban J connectivity index is 1.72. The first-order chi connectivity index (χ1) is 6.68. The molecule has 0 spiro atoms. The number of rotatable bonds is 3. The van der Waals surface area contributed by atoms with Crippen molar-refractivity contribution in [2.24, 2.45) is 0 Å². The molecule has 0 aliphatic carbocycles. The highest BCUT2D eigenvalue weighted by Crippen LogP contribution is 2.46. The molecule has 0 radical (unpaired) electrons. The zero-order chi connectivity index (χ0) is 9.76. The Bertz CT molecular complexity index is 227. The van der Waals surface area contributed by atoms with Crippen molar-refractivity contribution in [1.29, 1.82) is 0 Å². The van der Waals surface area contributed by atoms with Crippen LogP contribution in [0, 0.1) is 0 Å². The van der Waals surface area contributed by atoms with Gasteiger partial charge in [0.25, 0.3) is 0 Å². The molecule has 0 amide bonds. The fourth-order valence-corrected chi connectivity index (χ4v) is 3.26. The highest BCUT2D eigenvalue weighted by atomic mass is 16.5. The minimum absolute atomic E-state index is 0.345. The third-order valence-corrected chi connectivity index (χ3v) is 3.80. The number of hydrogen-bond donors (Lipinski definition) is 0. The van der Waals surface area contributed by atoms with Crippen molar-refractivity contribution in [3.05, 3.63) is 0 Å². The smallest absolute Gasteiger partial charge is 0.0725 e. The average Bonchev–Trinajstić information content (AvgIpc) is 2.49. The molecule has 3 nitrogen and oxygen atoms in total. The number of morpholine rings is 1. The summed E-state index contributed by atoms with van der Waals surface area (Å²) in [6, 6.07) is 0. The van der Waals surface area contributed by atoms with E-state index in [9.17, 15) is 0 Å². The van der Waals surface area contributed by atoms with Crippen LogP contribution in [0.1, 0.15) is 26.7 Å². The minimum atomic E-state index is 0.345. The molecular formula is C11H19NO2. The molecule has 3 heteroatoms. The van der Waals surface area contributed by atoms with Gasteiger partial charge in [0, 0.05) is 18.6 Å². The second-order valence-electron chi connectivity index (χ2n) is 5.28. The van der Waals surface area contributed by atoms with Gasteiger partial charge in [-0.1, -0.05) is 0 Å². The van der Waals surface area contributed by atoms with E-state index in [0.29, 0.717) is 23.9 Å². The Hall–Kier alpha value is -0.120. The molecule has 4 fully saturated rings. The quantitative estimate of drug-likeness (QED) is 0.674. The van der Waals surface area contributed by atoms with Crippen molar-refractivity contribution in [3.8, 4) is 0 Å². The van der Waals surface area contributed by atoms with E-state index in [1.165, 1.54) is 12.8 Å². The van der Waals surface area contributed by atoms with Crippen LogP contribution < -0.4 is 0 Å². The summed E-state index contributed by atoms with van der Waals surface area (Å²) in [4.78, 5) is 2.59. The third-order valence-electron chi connectivity index (χ3n) is 3.80. The standard InChI is InChI=1S/C11H19NO2/c1-8(2)13-7-11-3-9-5-12(11)6-10(4-11)14-9/h8-10H,3-7H2,1-2H3/t9-,10+,11?. The van der Waals surface area contributed by atoms with Gasteiger partial charge < -0.3 is 9.47 Å². The van der Waals surface area contributed by atoms with Gasteiger partial charge in [0.2, 0.25) is 0 Å². The lowest BCUT2D eigenvalue weighted by Crippen LogP contribution is -2.43. The molecule has 0 N–H and O–H groups in total. The normalized spacial score (nSPS) is 49.5. The van der Waals surface area contributed by atoms with Crippen LogP contribution in [0.3, 0.4) is 0 Å². The maximum Gasteiger partial charge on any atom is 0.0725 e. The predicted molar refractivity (Wildman–Crippen MR) is 53.3 cm³/mol. The molecule has 80 valence electrons. The lowest BCUT2D eigenvalue weighted by atomic mass is 9.91. The molecule has 4 bridgehead atoms. The number of nitrogens with zero attached hydrogens (tertiary/aromatic N) is 1. The minimum Gasteiger partial charge on any atom is -0.377 e. The summed E-state index contributed by atoms with van der Waals surface area (Å²) in [7, 11) is 0. The Morgan fingerprint density at radius 2 is 2.00 bits per heavy atom. The van der Waals surface area contributed by atoms with E-state index >= 15 is 0 Å². The molecule has 2 unspecified atom stereocenters. The van der Waals surface area contributed by atoms with Gasteiger partial charge in [0.1, 0.15) is 0 Å². The van der Waals surface area contributed by atoms with Crippen molar-refractivity contribution >= 4 is 0 Å². The van der Waals surface area contributed by atoms with Crippen LogP contribution in [0.15, 0.2) is 0 Å². The SMILES string of the molecule is CC(C)OCC12C[C@H]3CN1C[C@@H](C2)O3. The van der Waals surface area contributed by atoms with E-state index in [4.69, 9.17) is 9.47 Å². The summed E-state index contributed by atoms with van der Waals surface area (Å²) in [6.07, 6.45) is 3.73. The molecular weight excluding hydrogens is 178 g/mol. The summed E-state index contributed by atoms with van der Waals surface area (Å²) in [6.45, 7) is 7.40. The van der Waals surface area contributed by atoms with Crippen LogP contribution in [-0.2, 0) is 9.47 Å². The van der Waals surface area contributed by atoms with E-state index in [1.807, 2.05) is 0 Å². The molecule has 4 heterocycles. The second-order valence-corrected chi connectivity index (χ2v) is 5.28. The van der Waals surface area contributed by atoms with Crippen molar-refractivity contribution in [2.45, 2.75) is 50.5 Å². The van der Waals surface area contributed by atoms with Gasteiger partial charge >= 0.3 is 0 Å². The van der Waals surface area contributed by atoms with Gasteiger partial charge in [0.15, 0.2) is 0 Å². The van der Waals surface area contributed by atoms with Crippen LogP contribution in [0.5, 0.6) is 0 Å². The fourth-order valence-electron chi connectivity index (χ4n) is 3.26. The van der Waals surface area contributed by atoms with Crippen molar-refractivity contribution in [3.63, 3.8) is 0 Å². The molecule has 4 aliphatic rings. The predicted octanol–water partition coefficient (Wildman–Crippen LogP) is 1.03. The number of ether oxygens (including phenoxy) is 2. The van der Waals surface area contributed by atoms with Gasteiger partial charge in [-0.05, 0) is 26.7 Å². The topological polar surface area (TPSA) is 21.7 Å². The van der Waals surface area contributed by atoms with Crippen LogP contribution >= 0.6 is 0 Å². The average molecular weight is 197 g/mol. The maximum absolute atomic E-state index is 5.88. The second kappa shape index (κ2) is 2.94. The summed E-state index contributed by atoms with van der Waals surface area (Å²) in [5.74, 6) is 0. The molecule has 0 aromatic heterocycles. The Morgan fingerprint density at radius 3 is 2.57 bits per heavy atom. The highest BCUT2D eigenvalue weighted by Gasteiger charge is 2.57. The van der Waals surface area contributed by atoms with Gasteiger partial charge in [-0.15, -0.1) is 0 Å². The van der Waals surface area contributed by atoms with E-state index in [2.05, 4.69) is 18.7 Å². The van der Waals surface area contributed by atoms with Crippen LogP contribution in [0.2, 0.25) is 0 Å². The zero-order valence-corrected chi connectivity index (χ0v) is 9.03. The van der Waals surface area contributed by atoms with Crippen molar-refractivity contribution in [1.82, 2.24) is 4.90 Å². The van der Waals surface area contributed by atoms with Crippen molar-refractivity contribution in [2.75, 3.05) is 19.7 Å². The first-order valence-electron chi connectivity index (χ1n) is 5.70. The summed E-state index contributed by atoms with van der Waals surface area (Å²) in [5, 5.41) is 0. The fraction of sp³-hybridized carbons (Fsp3) is 1.00. The highest BCUT2D eigenvalue weighted by molar-refractivity contribution is 5.11. The molecule has 0 aromatic rings. The molecule has 4 saturated heterocycles. The Kier molecular flexibility index (Phi) is 1.92. The number of hydrogen-bond acceptors (Lipinski definition) is 3. The Labute approximate surface area is 85.4 Å². The van der Waals surface area contributed by atoms with E-state index in [-0.39, 0.29) is 0 Å².